The third kappa shape index (κ3) is 3.14. The topological polar surface area (TPSA) is 12.0 Å². The number of halogens is 1. The van der Waals surface area contributed by atoms with Gasteiger partial charge in [0.15, 0.2) is 0 Å². The van der Waals surface area contributed by atoms with Crippen molar-refractivity contribution >= 4 is 11.6 Å². The maximum Gasteiger partial charge on any atom is 0.0406 e. The van der Waals surface area contributed by atoms with Crippen LogP contribution in [0.25, 0.3) is 0 Å². The summed E-state index contributed by atoms with van der Waals surface area (Å²) in [7, 11) is 0. The second kappa shape index (κ2) is 6.28. The third-order valence-corrected chi connectivity index (χ3v) is 5.34. The van der Waals surface area contributed by atoms with E-state index < -0.39 is 0 Å². The summed E-state index contributed by atoms with van der Waals surface area (Å²) in [6.07, 6.45) is 8.60. The van der Waals surface area contributed by atoms with Gasteiger partial charge in [0, 0.05) is 11.6 Å². The minimum atomic E-state index is 0.689. The summed E-state index contributed by atoms with van der Waals surface area (Å²) >= 11 is 6.02. The van der Waals surface area contributed by atoms with Crippen LogP contribution in [-0.4, -0.2) is 13.1 Å². The van der Waals surface area contributed by atoms with Gasteiger partial charge >= 0.3 is 0 Å². The highest BCUT2D eigenvalue weighted by Crippen LogP contribution is 2.41. The van der Waals surface area contributed by atoms with Crippen molar-refractivity contribution < 1.29 is 0 Å². The third-order valence-electron chi connectivity index (χ3n) is 5.09. The van der Waals surface area contributed by atoms with Gasteiger partial charge in [0.25, 0.3) is 0 Å². The number of hydrogen-bond acceptors (Lipinski definition) is 1. The Hall–Kier alpha value is -0.530. The molecule has 1 aromatic rings. The van der Waals surface area contributed by atoms with E-state index in [1.807, 2.05) is 12.1 Å². The lowest BCUT2D eigenvalue weighted by atomic mass is 9.69. The fourth-order valence-electron chi connectivity index (χ4n) is 4.08. The summed E-state index contributed by atoms with van der Waals surface area (Å²) in [5.41, 5.74) is 1.48. The predicted octanol–water partition coefficient (Wildman–Crippen LogP) is 4.61. The number of piperidine rings is 1. The monoisotopic (exact) mass is 277 g/mol. The number of rotatable bonds is 2. The van der Waals surface area contributed by atoms with Crippen molar-refractivity contribution in [2.75, 3.05) is 13.1 Å². The van der Waals surface area contributed by atoms with Crippen LogP contribution >= 0.6 is 11.6 Å². The lowest BCUT2D eigenvalue weighted by Crippen LogP contribution is -2.39. The fraction of sp³-hybridized carbons (Fsp3) is 0.647. The van der Waals surface area contributed by atoms with E-state index in [1.54, 1.807) is 0 Å². The van der Waals surface area contributed by atoms with Gasteiger partial charge in [0.2, 0.25) is 0 Å². The molecule has 2 aliphatic rings. The van der Waals surface area contributed by atoms with Crippen LogP contribution in [0, 0.1) is 11.8 Å². The zero-order valence-corrected chi connectivity index (χ0v) is 12.3. The number of benzene rings is 1. The van der Waals surface area contributed by atoms with Gasteiger partial charge in [-0.15, -0.1) is 0 Å². The zero-order valence-electron chi connectivity index (χ0n) is 11.6. The van der Waals surface area contributed by atoms with Gasteiger partial charge in [0.05, 0.1) is 0 Å². The van der Waals surface area contributed by atoms with E-state index in [2.05, 4.69) is 17.4 Å². The molecule has 104 valence electrons. The van der Waals surface area contributed by atoms with Gasteiger partial charge in [-0.05, 0) is 48.4 Å². The molecular formula is C17H24ClN. The van der Waals surface area contributed by atoms with E-state index in [4.69, 9.17) is 11.6 Å². The average molecular weight is 278 g/mol. The Kier molecular flexibility index (Phi) is 4.45. The normalized spacial score (nSPS) is 29.3. The highest BCUT2D eigenvalue weighted by molar-refractivity contribution is 6.30. The van der Waals surface area contributed by atoms with Crippen LogP contribution < -0.4 is 5.32 Å². The molecule has 2 fully saturated rings. The molecule has 1 aromatic carbocycles. The quantitative estimate of drug-likeness (QED) is 0.832. The molecule has 1 N–H and O–H groups in total. The van der Waals surface area contributed by atoms with Crippen molar-refractivity contribution in [1.82, 2.24) is 5.32 Å². The Morgan fingerprint density at radius 1 is 0.947 bits per heavy atom. The molecule has 1 saturated heterocycles. The van der Waals surface area contributed by atoms with Gasteiger partial charge < -0.3 is 5.32 Å². The molecule has 0 spiro atoms. The molecule has 0 aromatic heterocycles. The van der Waals surface area contributed by atoms with E-state index in [0.29, 0.717) is 5.92 Å². The predicted molar refractivity (Wildman–Crippen MR) is 81.7 cm³/mol. The first kappa shape index (κ1) is 13.5. The minimum Gasteiger partial charge on any atom is -0.316 e. The molecule has 3 rings (SSSR count). The van der Waals surface area contributed by atoms with Crippen LogP contribution in [0.15, 0.2) is 24.3 Å². The molecule has 2 atom stereocenters. The van der Waals surface area contributed by atoms with Crippen molar-refractivity contribution in [3.8, 4) is 0 Å². The average Bonchev–Trinajstić information content (AvgIpc) is 2.49. The maximum absolute atomic E-state index is 6.02. The Balaban J connectivity index is 1.78. The summed E-state index contributed by atoms with van der Waals surface area (Å²) in [6, 6.07) is 8.55. The molecular weight excluding hydrogens is 254 g/mol. The van der Waals surface area contributed by atoms with E-state index in [0.717, 1.165) is 23.4 Å². The van der Waals surface area contributed by atoms with Crippen molar-refractivity contribution in [3.63, 3.8) is 0 Å². The SMILES string of the molecule is Clc1ccc(C2CNCCC2C2CCCCC2)cc1. The fourth-order valence-corrected chi connectivity index (χ4v) is 4.21. The van der Waals surface area contributed by atoms with Gasteiger partial charge in [-0.2, -0.15) is 0 Å². The number of hydrogen-bond donors (Lipinski definition) is 1. The smallest absolute Gasteiger partial charge is 0.0406 e. The van der Waals surface area contributed by atoms with Crippen LogP contribution in [0.5, 0.6) is 0 Å². The van der Waals surface area contributed by atoms with Crippen molar-refractivity contribution in [1.29, 1.82) is 0 Å². The molecule has 1 saturated carbocycles. The molecule has 0 radical (unpaired) electrons. The standard InChI is InChI=1S/C17H24ClN/c18-15-8-6-14(7-9-15)17-12-19-11-10-16(17)13-4-2-1-3-5-13/h6-9,13,16-17,19H,1-5,10-12H2. The minimum absolute atomic E-state index is 0.689. The Morgan fingerprint density at radius 3 is 2.42 bits per heavy atom. The molecule has 2 unspecified atom stereocenters. The highest BCUT2D eigenvalue weighted by atomic mass is 35.5. The second-order valence-corrected chi connectivity index (χ2v) is 6.65. The van der Waals surface area contributed by atoms with Crippen LogP contribution in [0.2, 0.25) is 5.02 Å². The van der Waals surface area contributed by atoms with Gasteiger partial charge in [-0.25, -0.2) is 0 Å². The summed E-state index contributed by atoms with van der Waals surface area (Å²) in [4.78, 5) is 0. The van der Waals surface area contributed by atoms with E-state index in [9.17, 15) is 0 Å². The maximum atomic E-state index is 6.02. The summed E-state index contributed by atoms with van der Waals surface area (Å²) in [5, 5.41) is 4.43. The molecule has 2 heteroatoms. The molecule has 0 bridgehead atoms. The Labute approximate surface area is 121 Å². The Morgan fingerprint density at radius 2 is 1.68 bits per heavy atom. The van der Waals surface area contributed by atoms with Gasteiger partial charge in [-0.1, -0.05) is 55.8 Å². The largest absolute Gasteiger partial charge is 0.316 e. The first-order valence-corrected chi connectivity index (χ1v) is 8.18. The summed E-state index contributed by atoms with van der Waals surface area (Å²) in [6.45, 7) is 2.34. The van der Waals surface area contributed by atoms with E-state index >= 15 is 0 Å². The molecule has 1 aliphatic carbocycles. The van der Waals surface area contributed by atoms with Crippen LogP contribution in [0.3, 0.4) is 0 Å². The van der Waals surface area contributed by atoms with Crippen molar-refractivity contribution in [2.45, 2.75) is 44.4 Å². The van der Waals surface area contributed by atoms with Gasteiger partial charge in [-0.3, -0.25) is 0 Å². The molecule has 1 heterocycles. The highest BCUT2D eigenvalue weighted by Gasteiger charge is 2.33. The summed E-state index contributed by atoms with van der Waals surface area (Å²) < 4.78 is 0. The molecule has 1 nitrogen and oxygen atoms in total. The first-order valence-electron chi connectivity index (χ1n) is 7.81. The van der Waals surface area contributed by atoms with Crippen molar-refractivity contribution in [3.05, 3.63) is 34.9 Å². The lowest BCUT2D eigenvalue weighted by Gasteiger charge is -2.39. The van der Waals surface area contributed by atoms with Crippen LogP contribution in [-0.2, 0) is 0 Å². The molecule has 0 amide bonds. The van der Waals surface area contributed by atoms with Crippen molar-refractivity contribution in [2.24, 2.45) is 11.8 Å². The Bertz CT molecular complexity index is 394. The van der Waals surface area contributed by atoms with Crippen LogP contribution in [0.1, 0.15) is 50.0 Å². The summed E-state index contributed by atoms with van der Waals surface area (Å²) in [5.74, 6) is 2.52. The number of nitrogens with one attached hydrogen (secondary N) is 1. The van der Waals surface area contributed by atoms with Gasteiger partial charge in [0.1, 0.15) is 0 Å². The van der Waals surface area contributed by atoms with E-state index in [1.165, 1.54) is 50.6 Å². The molecule has 1 aliphatic heterocycles. The van der Waals surface area contributed by atoms with Crippen LogP contribution in [0.4, 0.5) is 0 Å². The molecule has 19 heavy (non-hydrogen) atoms. The van der Waals surface area contributed by atoms with E-state index in [-0.39, 0.29) is 0 Å². The first-order chi connectivity index (χ1) is 9.34. The lowest BCUT2D eigenvalue weighted by molar-refractivity contribution is 0.178. The zero-order chi connectivity index (χ0) is 13.1. The second-order valence-electron chi connectivity index (χ2n) is 6.21.